The lowest BCUT2D eigenvalue weighted by molar-refractivity contribution is -0.123. The van der Waals surface area contributed by atoms with Crippen LogP contribution in [0.3, 0.4) is 0 Å². The molecule has 0 aliphatic carbocycles. The molecule has 0 amide bonds. The van der Waals surface area contributed by atoms with Crippen LogP contribution < -0.4 is 5.73 Å². The van der Waals surface area contributed by atoms with Crippen LogP contribution in [0, 0.1) is 0 Å². The van der Waals surface area contributed by atoms with E-state index in [4.69, 9.17) is 10.5 Å². The molecule has 0 aromatic carbocycles. The fourth-order valence-electron chi connectivity index (χ4n) is 0.931. The van der Waals surface area contributed by atoms with Crippen LogP contribution in [0.15, 0.2) is 0 Å². The van der Waals surface area contributed by atoms with E-state index in [0.29, 0.717) is 13.0 Å². The van der Waals surface area contributed by atoms with Gasteiger partial charge in [0.05, 0.1) is 0 Å². The van der Waals surface area contributed by atoms with Crippen LogP contribution in [0.25, 0.3) is 0 Å². The second-order valence-electron chi connectivity index (χ2n) is 2.78. The standard InChI is InChI=1S/C9H19NO2/c1-2-12-8-9(11)6-4-3-5-7-10/h2-8,10H2,1H3. The maximum absolute atomic E-state index is 11.0. The van der Waals surface area contributed by atoms with E-state index in [1.807, 2.05) is 6.92 Å². The molecule has 72 valence electrons. The third-order valence-electron chi connectivity index (χ3n) is 1.63. The van der Waals surface area contributed by atoms with Gasteiger partial charge in [-0.15, -0.1) is 0 Å². The van der Waals surface area contributed by atoms with Crippen molar-refractivity contribution in [1.29, 1.82) is 0 Å². The number of hydrogen-bond donors (Lipinski definition) is 1. The first kappa shape index (κ1) is 11.6. The van der Waals surface area contributed by atoms with Crippen molar-refractivity contribution in [2.24, 2.45) is 5.73 Å². The van der Waals surface area contributed by atoms with Crippen LogP contribution in [0.5, 0.6) is 0 Å². The van der Waals surface area contributed by atoms with E-state index in [0.717, 1.165) is 25.8 Å². The molecule has 0 aromatic rings. The number of carbonyl (C=O) groups excluding carboxylic acids is 1. The first-order valence-electron chi connectivity index (χ1n) is 4.60. The highest BCUT2D eigenvalue weighted by atomic mass is 16.5. The molecule has 3 nitrogen and oxygen atoms in total. The first-order chi connectivity index (χ1) is 5.81. The predicted molar refractivity (Wildman–Crippen MR) is 49.0 cm³/mol. The van der Waals surface area contributed by atoms with Crippen molar-refractivity contribution in [1.82, 2.24) is 0 Å². The quantitative estimate of drug-likeness (QED) is 0.559. The van der Waals surface area contributed by atoms with Crippen molar-refractivity contribution < 1.29 is 9.53 Å². The fourth-order valence-corrected chi connectivity index (χ4v) is 0.931. The van der Waals surface area contributed by atoms with Crippen LogP contribution in [0.1, 0.15) is 32.6 Å². The second-order valence-corrected chi connectivity index (χ2v) is 2.78. The normalized spacial score (nSPS) is 10.2. The third-order valence-corrected chi connectivity index (χ3v) is 1.63. The number of hydrogen-bond acceptors (Lipinski definition) is 3. The van der Waals surface area contributed by atoms with E-state index in [-0.39, 0.29) is 12.4 Å². The molecule has 0 saturated heterocycles. The molecular weight excluding hydrogens is 154 g/mol. The van der Waals surface area contributed by atoms with Gasteiger partial charge in [0.15, 0.2) is 5.78 Å². The van der Waals surface area contributed by atoms with Crippen molar-refractivity contribution in [3.05, 3.63) is 0 Å². The zero-order valence-corrected chi connectivity index (χ0v) is 7.84. The van der Waals surface area contributed by atoms with Crippen molar-refractivity contribution in [2.75, 3.05) is 19.8 Å². The van der Waals surface area contributed by atoms with Gasteiger partial charge in [-0.25, -0.2) is 0 Å². The molecule has 0 fully saturated rings. The Kier molecular flexibility index (Phi) is 8.39. The molecule has 0 atom stereocenters. The van der Waals surface area contributed by atoms with Crippen molar-refractivity contribution in [2.45, 2.75) is 32.6 Å². The molecule has 3 heteroatoms. The molecule has 0 rings (SSSR count). The van der Waals surface area contributed by atoms with Crippen LogP contribution >= 0.6 is 0 Å². The van der Waals surface area contributed by atoms with E-state index >= 15 is 0 Å². The Morgan fingerprint density at radius 3 is 2.67 bits per heavy atom. The SMILES string of the molecule is CCOCC(=O)CCCCCN. The molecular formula is C9H19NO2. The van der Waals surface area contributed by atoms with Gasteiger partial charge >= 0.3 is 0 Å². The Balaban J connectivity index is 3.08. The minimum atomic E-state index is 0.203. The summed E-state index contributed by atoms with van der Waals surface area (Å²) in [5, 5.41) is 0. The van der Waals surface area contributed by atoms with Crippen LogP contribution in [0.2, 0.25) is 0 Å². The lowest BCUT2D eigenvalue weighted by atomic mass is 10.1. The zero-order valence-electron chi connectivity index (χ0n) is 7.84. The summed E-state index contributed by atoms with van der Waals surface area (Å²) in [7, 11) is 0. The van der Waals surface area contributed by atoms with E-state index in [9.17, 15) is 4.79 Å². The van der Waals surface area contributed by atoms with E-state index in [2.05, 4.69) is 0 Å². The summed E-state index contributed by atoms with van der Waals surface area (Å²) < 4.78 is 4.98. The average Bonchev–Trinajstić information content (AvgIpc) is 2.09. The number of carbonyl (C=O) groups is 1. The Labute approximate surface area is 74.3 Å². The Morgan fingerprint density at radius 2 is 2.08 bits per heavy atom. The predicted octanol–water partition coefficient (Wildman–Crippen LogP) is 1.11. The molecule has 0 spiro atoms. The van der Waals surface area contributed by atoms with Gasteiger partial charge in [0.1, 0.15) is 6.61 Å². The van der Waals surface area contributed by atoms with Gasteiger partial charge in [-0.05, 0) is 26.3 Å². The number of Topliss-reactive ketones (excluding diaryl/α,β-unsaturated/α-hetero) is 1. The summed E-state index contributed by atoms with van der Waals surface area (Å²) in [5.74, 6) is 0.203. The van der Waals surface area contributed by atoms with Crippen molar-refractivity contribution in [3.63, 3.8) is 0 Å². The molecule has 0 aliphatic heterocycles. The summed E-state index contributed by atoms with van der Waals surface area (Å²) in [4.78, 5) is 11.0. The van der Waals surface area contributed by atoms with E-state index < -0.39 is 0 Å². The van der Waals surface area contributed by atoms with Gasteiger partial charge in [-0.1, -0.05) is 6.42 Å². The maximum Gasteiger partial charge on any atom is 0.158 e. The summed E-state index contributed by atoms with van der Waals surface area (Å²) >= 11 is 0. The monoisotopic (exact) mass is 173 g/mol. The van der Waals surface area contributed by atoms with E-state index in [1.54, 1.807) is 0 Å². The van der Waals surface area contributed by atoms with Crippen LogP contribution in [0.4, 0.5) is 0 Å². The summed E-state index contributed by atoms with van der Waals surface area (Å²) in [5.41, 5.74) is 5.32. The van der Waals surface area contributed by atoms with Crippen LogP contribution in [-0.2, 0) is 9.53 Å². The Hall–Kier alpha value is -0.410. The molecule has 0 radical (unpaired) electrons. The highest BCUT2D eigenvalue weighted by Crippen LogP contribution is 1.99. The average molecular weight is 173 g/mol. The lowest BCUT2D eigenvalue weighted by Crippen LogP contribution is -2.08. The maximum atomic E-state index is 11.0. The van der Waals surface area contributed by atoms with Gasteiger partial charge in [0, 0.05) is 13.0 Å². The molecule has 0 aliphatic rings. The smallest absolute Gasteiger partial charge is 0.158 e. The third kappa shape index (κ3) is 7.69. The molecule has 12 heavy (non-hydrogen) atoms. The summed E-state index contributed by atoms with van der Waals surface area (Å²) in [6, 6.07) is 0. The lowest BCUT2D eigenvalue weighted by Gasteiger charge is -2.00. The Bertz CT molecular complexity index is 115. The Morgan fingerprint density at radius 1 is 1.33 bits per heavy atom. The van der Waals surface area contributed by atoms with E-state index in [1.165, 1.54) is 0 Å². The summed E-state index contributed by atoms with van der Waals surface area (Å²) in [6.45, 7) is 3.51. The molecule has 2 N–H and O–H groups in total. The molecule has 0 unspecified atom stereocenters. The summed E-state index contributed by atoms with van der Waals surface area (Å²) in [6.07, 6.45) is 3.65. The number of ketones is 1. The van der Waals surface area contributed by atoms with Gasteiger partial charge < -0.3 is 10.5 Å². The highest BCUT2D eigenvalue weighted by molar-refractivity contribution is 5.79. The minimum absolute atomic E-state index is 0.203. The molecule has 0 bridgehead atoms. The topological polar surface area (TPSA) is 52.3 Å². The first-order valence-corrected chi connectivity index (χ1v) is 4.60. The molecule has 0 heterocycles. The van der Waals surface area contributed by atoms with Gasteiger partial charge in [-0.3, -0.25) is 4.79 Å². The second kappa shape index (κ2) is 8.68. The molecule has 0 aromatic heterocycles. The van der Waals surface area contributed by atoms with Crippen molar-refractivity contribution in [3.8, 4) is 0 Å². The largest absolute Gasteiger partial charge is 0.374 e. The highest BCUT2D eigenvalue weighted by Gasteiger charge is 1.99. The number of rotatable bonds is 8. The van der Waals surface area contributed by atoms with Gasteiger partial charge in [0.2, 0.25) is 0 Å². The number of nitrogens with two attached hydrogens (primary N) is 1. The molecule has 0 saturated carbocycles. The zero-order chi connectivity index (χ0) is 9.23. The number of unbranched alkanes of at least 4 members (excludes halogenated alkanes) is 2. The van der Waals surface area contributed by atoms with Gasteiger partial charge in [0.25, 0.3) is 0 Å². The van der Waals surface area contributed by atoms with Crippen molar-refractivity contribution >= 4 is 5.78 Å². The van der Waals surface area contributed by atoms with Crippen LogP contribution in [-0.4, -0.2) is 25.5 Å². The number of ether oxygens (including phenoxy) is 1. The fraction of sp³-hybridized carbons (Fsp3) is 0.889. The van der Waals surface area contributed by atoms with Gasteiger partial charge in [-0.2, -0.15) is 0 Å². The minimum Gasteiger partial charge on any atom is -0.374 e.